The van der Waals surface area contributed by atoms with Gasteiger partial charge in [-0.2, -0.15) is 0 Å². The van der Waals surface area contributed by atoms with Crippen molar-refractivity contribution in [2.75, 3.05) is 6.61 Å². The molecular weight excluding hydrogens is 751 g/mol. The van der Waals surface area contributed by atoms with E-state index in [0.29, 0.717) is 6.42 Å². The van der Waals surface area contributed by atoms with E-state index in [-0.39, 0.29) is 18.9 Å². The van der Waals surface area contributed by atoms with E-state index in [1.165, 1.54) is 186 Å². The highest BCUT2D eigenvalue weighted by Crippen LogP contribution is 2.16. The molecule has 3 unspecified atom stereocenters. The zero-order valence-corrected chi connectivity index (χ0v) is 40.5. The van der Waals surface area contributed by atoms with Gasteiger partial charge in [0.25, 0.3) is 0 Å². The summed E-state index contributed by atoms with van der Waals surface area (Å²) in [6, 6.07) is -0.768. The molecule has 0 rings (SSSR count). The number of nitrogens with one attached hydrogen (secondary N) is 1. The molecule has 0 aromatic rings. The van der Waals surface area contributed by atoms with Crippen molar-refractivity contribution in [3.05, 3.63) is 60.8 Å². The molecule has 0 aliphatic heterocycles. The van der Waals surface area contributed by atoms with Crippen LogP contribution in [0.1, 0.15) is 264 Å². The fourth-order valence-corrected chi connectivity index (χ4v) is 7.94. The van der Waals surface area contributed by atoms with Gasteiger partial charge in [-0.1, -0.05) is 248 Å². The molecule has 4 N–H and O–H groups in total. The molecule has 1 amide bonds. The second kappa shape index (κ2) is 50.7. The zero-order chi connectivity index (χ0) is 44.4. The minimum atomic E-state index is -0.960. The fraction of sp³-hybridized carbons (Fsp3) is 0.804. The van der Waals surface area contributed by atoms with Gasteiger partial charge in [0, 0.05) is 0 Å². The first-order valence-corrected chi connectivity index (χ1v) is 26.6. The Balaban J connectivity index is 3.51. The van der Waals surface area contributed by atoms with Crippen LogP contribution in [-0.4, -0.2) is 46.1 Å². The first kappa shape index (κ1) is 59.0. The van der Waals surface area contributed by atoms with Gasteiger partial charge in [0.15, 0.2) is 0 Å². The molecule has 0 saturated carbocycles. The van der Waals surface area contributed by atoms with Crippen molar-refractivity contribution < 1.29 is 20.1 Å². The summed E-state index contributed by atoms with van der Waals surface area (Å²) in [4.78, 5) is 12.4. The molecule has 356 valence electrons. The molecule has 0 fully saturated rings. The van der Waals surface area contributed by atoms with E-state index < -0.39 is 18.2 Å². The smallest absolute Gasteiger partial charge is 0.222 e. The Bertz CT molecular complexity index is 1030. The van der Waals surface area contributed by atoms with Crippen molar-refractivity contribution in [1.82, 2.24) is 5.32 Å². The second-order valence-electron chi connectivity index (χ2n) is 18.1. The molecular formula is C56H103NO4. The van der Waals surface area contributed by atoms with Gasteiger partial charge in [-0.3, -0.25) is 4.79 Å². The van der Waals surface area contributed by atoms with Crippen LogP contribution in [0.2, 0.25) is 0 Å². The normalized spacial score (nSPS) is 13.9. The second-order valence-corrected chi connectivity index (χ2v) is 18.1. The molecule has 0 aromatic carbocycles. The highest BCUT2D eigenvalue weighted by molar-refractivity contribution is 5.76. The van der Waals surface area contributed by atoms with Crippen LogP contribution in [0.3, 0.4) is 0 Å². The summed E-state index contributed by atoms with van der Waals surface area (Å²) < 4.78 is 0. The van der Waals surface area contributed by atoms with Crippen molar-refractivity contribution in [3.63, 3.8) is 0 Å². The van der Waals surface area contributed by atoms with Gasteiger partial charge >= 0.3 is 0 Å². The Hall–Kier alpha value is -1.95. The number of rotatable bonds is 48. The van der Waals surface area contributed by atoms with Crippen LogP contribution in [-0.2, 0) is 4.79 Å². The Labute approximate surface area is 379 Å². The first-order chi connectivity index (χ1) is 30.0. The monoisotopic (exact) mass is 854 g/mol. The third kappa shape index (κ3) is 47.4. The minimum absolute atomic E-state index is 0.000794. The average molecular weight is 854 g/mol. The van der Waals surface area contributed by atoms with E-state index in [9.17, 15) is 20.1 Å². The number of carbonyl (C=O) groups excluding carboxylic acids is 1. The topological polar surface area (TPSA) is 89.8 Å². The molecule has 5 nitrogen and oxygen atoms in total. The van der Waals surface area contributed by atoms with Gasteiger partial charge < -0.3 is 20.6 Å². The lowest BCUT2D eigenvalue weighted by Gasteiger charge is -2.21. The number of aliphatic hydroxyl groups is 3. The minimum Gasteiger partial charge on any atom is -0.394 e. The molecule has 0 aliphatic carbocycles. The predicted molar refractivity (Wildman–Crippen MR) is 268 cm³/mol. The summed E-state index contributed by atoms with van der Waals surface area (Å²) in [7, 11) is 0. The molecule has 5 heteroatoms. The first-order valence-electron chi connectivity index (χ1n) is 26.6. The molecule has 61 heavy (non-hydrogen) atoms. The average Bonchev–Trinajstić information content (AvgIpc) is 3.25. The summed E-state index contributed by atoms with van der Waals surface area (Å²) in [6.07, 6.45) is 68.5. The van der Waals surface area contributed by atoms with Crippen molar-refractivity contribution in [1.29, 1.82) is 0 Å². The zero-order valence-electron chi connectivity index (χ0n) is 40.5. The van der Waals surface area contributed by atoms with Crippen LogP contribution in [0.4, 0.5) is 0 Å². The quantitative estimate of drug-likeness (QED) is 0.0363. The Morgan fingerprint density at radius 3 is 1.20 bits per heavy atom. The highest BCUT2D eigenvalue weighted by Gasteiger charge is 2.20. The van der Waals surface area contributed by atoms with Gasteiger partial charge in [-0.15, -0.1) is 0 Å². The van der Waals surface area contributed by atoms with Gasteiger partial charge in [0.1, 0.15) is 0 Å². The molecule has 0 radical (unpaired) electrons. The van der Waals surface area contributed by atoms with Crippen molar-refractivity contribution >= 4 is 5.91 Å². The molecule has 0 aliphatic rings. The van der Waals surface area contributed by atoms with Crippen LogP contribution < -0.4 is 5.32 Å². The van der Waals surface area contributed by atoms with Gasteiger partial charge in [0.05, 0.1) is 31.3 Å². The Morgan fingerprint density at radius 2 is 0.787 bits per heavy atom. The van der Waals surface area contributed by atoms with Crippen molar-refractivity contribution in [3.8, 4) is 0 Å². The highest BCUT2D eigenvalue weighted by atomic mass is 16.3. The lowest BCUT2D eigenvalue weighted by Crippen LogP contribution is -2.45. The third-order valence-electron chi connectivity index (χ3n) is 12.0. The maximum absolute atomic E-state index is 12.4. The van der Waals surface area contributed by atoms with E-state index in [1.807, 2.05) is 6.08 Å². The third-order valence-corrected chi connectivity index (χ3v) is 12.0. The number of hydrogen-bond donors (Lipinski definition) is 4. The van der Waals surface area contributed by atoms with E-state index in [2.05, 4.69) is 67.8 Å². The van der Waals surface area contributed by atoms with Crippen molar-refractivity contribution in [2.24, 2.45) is 0 Å². The predicted octanol–water partition coefficient (Wildman–Crippen LogP) is 16.2. The standard InChI is InChI=1S/C56H103NO4/c1-3-5-7-9-11-13-15-16-17-18-19-20-21-22-23-24-25-26-27-28-29-30-31-32-33-34-35-36-37-38-40-41-43-45-47-49-53(59)51-56(61)57-54(52-58)55(60)50-48-46-44-42-39-14-12-10-8-6-4-2/h8,10,23-24,26-27,39,42,48,50,53-55,58-60H,3-7,9,11-22,25,28-38,40-41,43-47,49,51-52H2,1-2H3,(H,57,61)/b10-8+,24-23-,27-26-,42-39+,50-48+. The molecule has 0 heterocycles. The number of hydrogen-bond acceptors (Lipinski definition) is 4. The SMILES string of the molecule is CCC/C=C/CC/C=C/CC/C=C/C(O)C(CO)NC(=O)CC(O)CCCCCCCCCCCCCCCCC/C=C\C/C=C\CCCCCCCCCCCCCCC. The number of allylic oxidation sites excluding steroid dienone is 9. The van der Waals surface area contributed by atoms with Crippen LogP contribution in [0.15, 0.2) is 60.8 Å². The van der Waals surface area contributed by atoms with Crippen LogP contribution in [0.25, 0.3) is 0 Å². The number of aliphatic hydroxyl groups excluding tert-OH is 3. The number of carbonyl (C=O) groups is 1. The molecule has 3 atom stereocenters. The largest absolute Gasteiger partial charge is 0.394 e. The van der Waals surface area contributed by atoms with E-state index in [0.717, 1.165) is 51.4 Å². The molecule has 0 bridgehead atoms. The summed E-state index contributed by atoms with van der Waals surface area (Å²) in [5, 5.41) is 33.2. The molecule has 0 aromatic heterocycles. The summed E-state index contributed by atoms with van der Waals surface area (Å²) in [5.41, 5.74) is 0. The van der Waals surface area contributed by atoms with Crippen LogP contribution >= 0.6 is 0 Å². The maximum Gasteiger partial charge on any atom is 0.222 e. The van der Waals surface area contributed by atoms with E-state index in [4.69, 9.17) is 0 Å². The number of amides is 1. The van der Waals surface area contributed by atoms with Crippen molar-refractivity contribution in [2.45, 2.75) is 283 Å². The van der Waals surface area contributed by atoms with Gasteiger partial charge in [0.2, 0.25) is 5.91 Å². The fourth-order valence-electron chi connectivity index (χ4n) is 7.94. The summed E-state index contributed by atoms with van der Waals surface area (Å²) >= 11 is 0. The number of unbranched alkanes of at least 4 members (excludes halogenated alkanes) is 31. The Kier molecular flexibility index (Phi) is 49.1. The van der Waals surface area contributed by atoms with Crippen LogP contribution in [0, 0.1) is 0 Å². The van der Waals surface area contributed by atoms with Crippen LogP contribution in [0.5, 0.6) is 0 Å². The summed E-state index contributed by atoms with van der Waals surface area (Å²) in [6.45, 7) is 4.13. The van der Waals surface area contributed by atoms with E-state index in [1.54, 1.807) is 6.08 Å². The summed E-state index contributed by atoms with van der Waals surface area (Å²) in [5.74, 6) is -0.331. The lowest BCUT2D eigenvalue weighted by atomic mass is 10.0. The maximum atomic E-state index is 12.4. The lowest BCUT2D eigenvalue weighted by molar-refractivity contribution is -0.124. The Morgan fingerprint density at radius 1 is 0.426 bits per heavy atom. The molecule has 0 spiro atoms. The van der Waals surface area contributed by atoms with Gasteiger partial charge in [-0.25, -0.2) is 0 Å². The molecule has 0 saturated heterocycles. The van der Waals surface area contributed by atoms with Gasteiger partial charge in [-0.05, 0) is 70.6 Å². The van der Waals surface area contributed by atoms with E-state index >= 15 is 0 Å².